The molecule has 0 spiro atoms. The van der Waals surface area contributed by atoms with Crippen LogP contribution in [0.2, 0.25) is 0 Å². The third kappa shape index (κ3) is 3.22. The lowest BCUT2D eigenvalue weighted by Crippen LogP contribution is -2.05. The van der Waals surface area contributed by atoms with Gasteiger partial charge < -0.3 is 4.98 Å². The quantitative estimate of drug-likeness (QED) is 0.611. The number of hydrogen-bond donors (Lipinski definition) is 1. The number of alkyl halides is 3. The number of benzene rings is 2. The second-order valence-corrected chi connectivity index (χ2v) is 5.64. The Balaban J connectivity index is 2.05. The van der Waals surface area contributed by atoms with Crippen LogP contribution in [0.4, 0.5) is 13.2 Å². The summed E-state index contributed by atoms with van der Waals surface area (Å²) < 4.78 is 40.4. The SMILES string of the molecule is Cc1ccc(-c2cn(-c3cccc(C(F)(F)F)c3)c(=S)[nH]2)cc1. The minimum atomic E-state index is -4.38. The third-order valence-corrected chi connectivity index (χ3v) is 3.83. The van der Waals surface area contributed by atoms with Crippen LogP contribution >= 0.6 is 12.2 Å². The molecule has 0 aliphatic heterocycles. The van der Waals surface area contributed by atoms with Crippen LogP contribution in [-0.2, 0) is 6.18 Å². The van der Waals surface area contributed by atoms with Crippen LogP contribution in [0.25, 0.3) is 16.9 Å². The van der Waals surface area contributed by atoms with Crippen molar-refractivity contribution in [2.75, 3.05) is 0 Å². The monoisotopic (exact) mass is 334 g/mol. The van der Waals surface area contributed by atoms with E-state index in [-0.39, 0.29) is 0 Å². The Labute approximate surface area is 136 Å². The molecule has 0 amide bonds. The molecule has 118 valence electrons. The number of aromatic amines is 1. The molecule has 1 aromatic heterocycles. The maximum atomic E-state index is 12.8. The number of imidazole rings is 1. The minimum Gasteiger partial charge on any atom is -0.330 e. The van der Waals surface area contributed by atoms with Gasteiger partial charge in [0.25, 0.3) is 0 Å². The largest absolute Gasteiger partial charge is 0.416 e. The number of nitrogens with zero attached hydrogens (tertiary/aromatic N) is 1. The molecule has 0 aliphatic rings. The van der Waals surface area contributed by atoms with Gasteiger partial charge in [-0.2, -0.15) is 13.2 Å². The van der Waals surface area contributed by atoms with Gasteiger partial charge in [-0.15, -0.1) is 0 Å². The summed E-state index contributed by atoms with van der Waals surface area (Å²) in [5.41, 5.74) is 2.49. The Morgan fingerprint density at radius 1 is 1.04 bits per heavy atom. The Hall–Kier alpha value is -2.34. The van der Waals surface area contributed by atoms with Gasteiger partial charge in [0.2, 0.25) is 0 Å². The van der Waals surface area contributed by atoms with E-state index < -0.39 is 11.7 Å². The van der Waals surface area contributed by atoms with Gasteiger partial charge in [0, 0.05) is 11.9 Å². The Kier molecular flexibility index (Phi) is 3.85. The van der Waals surface area contributed by atoms with Gasteiger partial charge >= 0.3 is 6.18 Å². The molecule has 3 aromatic rings. The smallest absolute Gasteiger partial charge is 0.330 e. The van der Waals surface area contributed by atoms with Crippen LogP contribution in [0, 0.1) is 11.7 Å². The maximum Gasteiger partial charge on any atom is 0.416 e. The van der Waals surface area contributed by atoms with Crippen LogP contribution in [0.15, 0.2) is 54.7 Å². The van der Waals surface area contributed by atoms with Crippen LogP contribution < -0.4 is 0 Å². The molecule has 0 aliphatic carbocycles. The van der Waals surface area contributed by atoms with E-state index >= 15 is 0 Å². The standard InChI is InChI=1S/C17H13F3N2S/c1-11-5-7-12(8-6-11)15-10-22(16(23)21-15)14-4-2-3-13(9-14)17(18,19)20/h2-10H,1H3,(H,21,23). The van der Waals surface area contributed by atoms with Crippen molar-refractivity contribution < 1.29 is 13.2 Å². The lowest BCUT2D eigenvalue weighted by molar-refractivity contribution is -0.137. The summed E-state index contributed by atoms with van der Waals surface area (Å²) >= 11 is 5.24. The van der Waals surface area contributed by atoms with Crippen molar-refractivity contribution in [3.8, 4) is 16.9 Å². The average Bonchev–Trinajstić information content (AvgIpc) is 2.89. The lowest BCUT2D eigenvalue weighted by atomic mass is 10.1. The topological polar surface area (TPSA) is 20.7 Å². The van der Waals surface area contributed by atoms with E-state index in [4.69, 9.17) is 12.2 Å². The van der Waals surface area contributed by atoms with E-state index in [0.717, 1.165) is 29.0 Å². The number of rotatable bonds is 2. The fourth-order valence-corrected chi connectivity index (χ4v) is 2.57. The molecule has 1 heterocycles. The van der Waals surface area contributed by atoms with E-state index in [9.17, 15) is 13.2 Å². The van der Waals surface area contributed by atoms with Crippen LogP contribution in [0.5, 0.6) is 0 Å². The van der Waals surface area contributed by atoms with Crippen molar-refractivity contribution >= 4 is 12.2 Å². The van der Waals surface area contributed by atoms with Gasteiger partial charge in [0.15, 0.2) is 4.77 Å². The average molecular weight is 334 g/mol. The van der Waals surface area contributed by atoms with Gasteiger partial charge in [-0.3, -0.25) is 4.57 Å². The molecule has 1 N–H and O–H groups in total. The van der Waals surface area contributed by atoms with Crippen molar-refractivity contribution in [3.05, 3.63) is 70.6 Å². The normalized spacial score (nSPS) is 11.7. The highest BCUT2D eigenvalue weighted by molar-refractivity contribution is 7.71. The predicted molar refractivity (Wildman–Crippen MR) is 86.1 cm³/mol. The van der Waals surface area contributed by atoms with E-state index in [2.05, 4.69) is 4.98 Å². The first-order valence-corrected chi connectivity index (χ1v) is 7.32. The zero-order chi connectivity index (χ0) is 16.6. The van der Waals surface area contributed by atoms with Gasteiger partial charge in [-0.05, 0) is 42.9 Å². The molecule has 0 atom stereocenters. The molecule has 3 rings (SSSR count). The highest BCUT2D eigenvalue weighted by Crippen LogP contribution is 2.30. The highest BCUT2D eigenvalue weighted by atomic mass is 32.1. The molecule has 0 saturated heterocycles. The van der Waals surface area contributed by atoms with E-state index in [0.29, 0.717) is 10.5 Å². The number of halogens is 3. The summed E-state index contributed by atoms with van der Waals surface area (Å²) in [6.45, 7) is 1.99. The summed E-state index contributed by atoms with van der Waals surface area (Å²) in [5.74, 6) is 0. The molecule has 23 heavy (non-hydrogen) atoms. The molecule has 0 radical (unpaired) electrons. The van der Waals surface area contributed by atoms with Crippen LogP contribution in [0.3, 0.4) is 0 Å². The highest BCUT2D eigenvalue weighted by Gasteiger charge is 2.30. The molecule has 0 saturated carbocycles. The molecule has 0 unspecified atom stereocenters. The molecule has 2 aromatic carbocycles. The summed E-state index contributed by atoms with van der Waals surface area (Å²) in [6.07, 6.45) is -2.67. The van der Waals surface area contributed by atoms with Crippen LogP contribution in [0.1, 0.15) is 11.1 Å². The van der Waals surface area contributed by atoms with Gasteiger partial charge in [-0.1, -0.05) is 35.9 Å². The predicted octanol–water partition coefficient (Wildman–Crippen LogP) is 5.53. The van der Waals surface area contributed by atoms with Crippen molar-refractivity contribution in [2.24, 2.45) is 0 Å². The van der Waals surface area contributed by atoms with Gasteiger partial charge in [-0.25, -0.2) is 0 Å². The van der Waals surface area contributed by atoms with E-state index in [1.54, 1.807) is 16.8 Å². The molecule has 6 heteroatoms. The molecule has 0 fully saturated rings. The second-order valence-electron chi connectivity index (χ2n) is 5.26. The molecular formula is C17H13F3N2S. The third-order valence-electron chi connectivity index (χ3n) is 3.53. The van der Waals surface area contributed by atoms with Crippen LogP contribution in [-0.4, -0.2) is 9.55 Å². The Morgan fingerprint density at radius 3 is 2.39 bits per heavy atom. The fraction of sp³-hybridized carbons (Fsp3) is 0.118. The Morgan fingerprint density at radius 2 is 1.74 bits per heavy atom. The summed E-state index contributed by atoms with van der Waals surface area (Å²) in [4.78, 5) is 3.03. The van der Waals surface area contributed by atoms with Crippen molar-refractivity contribution in [3.63, 3.8) is 0 Å². The second kappa shape index (κ2) is 5.70. The van der Waals surface area contributed by atoms with E-state index in [1.807, 2.05) is 31.2 Å². The first-order chi connectivity index (χ1) is 10.8. The number of aryl methyl sites for hydroxylation is 1. The van der Waals surface area contributed by atoms with Crippen molar-refractivity contribution in [1.29, 1.82) is 0 Å². The first kappa shape index (κ1) is 15.6. The summed E-state index contributed by atoms with van der Waals surface area (Å²) in [7, 11) is 0. The van der Waals surface area contributed by atoms with Crippen molar-refractivity contribution in [1.82, 2.24) is 9.55 Å². The number of nitrogens with one attached hydrogen (secondary N) is 1. The zero-order valence-corrected chi connectivity index (χ0v) is 13.0. The Bertz CT molecular complexity index is 889. The van der Waals surface area contributed by atoms with E-state index in [1.165, 1.54) is 6.07 Å². The molecule has 2 nitrogen and oxygen atoms in total. The number of hydrogen-bond acceptors (Lipinski definition) is 1. The fourth-order valence-electron chi connectivity index (χ4n) is 2.30. The van der Waals surface area contributed by atoms with Crippen molar-refractivity contribution in [2.45, 2.75) is 13.1 Å². The summed E-state index contributed by atoms with van der Waals surface area (Å²) in [6, 6.07) is 12.9. The first-order valence-electron chi connectivity index (χ1n) is 6.91. The zero-order valence-electron chi connectivity index (χ0n) is 12.2. The maximum absolute atomic E-state index is 12.8. The minimum absolute atomic E-state index is 0.347. The summed E-state index contributed by atoms with van der Waals surface area (Å²) in [5, 5.41) is 0. The molecular weight excluding hydrogens is 321 g/mol. The van der Waals surface area contributed by atoms with Gasteiger partial charge in [0.05, 0.1) is 11.3 Å². The number of aromatic nitrogens is 2. The van der Waals surface area contributed by atoms with Gasteiger partial charge in [0.1, 0.15) is 0 Å². The number of H-pyrrole nitrogens is 1. The lowest BCUT2D eigenvalue weighted by Gasteiger charge is -2.09. The molecule has 0 bridgehead atoms.